The lowest BCUT2D eigenvalue weighted by Gasteiger charge is -2.06. The van der Waals surface area contributed by atoms with Crippen molar-refractivity contribution >= 4 is 0 Å². The van der Waals surface area contributed by atoms with Gasteiger partial charge in [-0.3, -0.25) is 0 Å². The van der Waals surface area contributed by atoms with Crippen molar-refractivity contribution in [2.45, 2.75) is 40.0 Å². The molecule has 20 heavy (non-hydrogen) atoms. The summed E-state index contributed by atoms with van der Waals surface area (Å²) in [5.74, 6) is 0. The van der Waals surface area contributed by atoms with Crippen LogP contribution in [0.5, 0.6) is 0 Å². The molecule has 3 nitrogen and oxygen atoms in total. The van der Waals surface area contributed by atoms with E-state index in [0.29, 0.717) is 0 Å². The molecule has 0 saturated carbocycles. The molecule has 2 rings (SSSR count). The first-order valence-electron chi connectivity index (χ1n) is 7.52. The van der Waals surface area contributed by atoms with Gasteiger partial charge >= 0.3 is 0 Å². The molecule has 0 amide bonds. The second-order valence-corrected chi connectivity index (χ2v) is 5.44. The van der Waals surface area contributed by atoms with Gasteiger partial charge in [0.15, 0.2) is 0 Å². The van der Waals surface area contributed by atoms with Gasteiger partial charge in [0.2, 0.25) is 0 Å². The Morgan fingerprint density at radius 1 is 1.20 bits per heavy atom. The van der Waals surface area contributed by atoms with Crippen LogP contribution in [0, 0.1) is 13.8 Å². The lowest BCUT2D eigenvalue weighted by atomic mass is 10.1. The Hall–Kier alpha value is -1.61. The van der Waals surface area contributed by atoms with Crippen molar-refractivity contribution < 1.29 is 0 Å². The summed E-state index contributed by atoms with van der Waals surface area (Å²) in [6, 6.07) is 6.48. The van der Waals surface area contributed by atoms with Crippen LogP contribution in [0.15, 0.2) is 30.6 Å². The fourth-order valence-corrected chi connectivity index (χ4v) is 2.40. The molecule has 1 aromatic carbocycles. The van der Waals surface area contributed by atoms with Crippen LogP contribution in [-0.2, 0) is 6.42 Å². The van der Waals surface area contributed by atoms with Crippen LogP contribution in [-0.4, -0.2) is 22.9 Å². The van der Waals surface area contributed by atoms with Crippen LogP contribution in [0.4, 0.5) is 0 Å². The minimum atomic E-state index is 1.08. The molecule has 0 aliphatic carbocycles. The standard InChI is InChI=1S/C17H25N3/c1-4-9-18-10-5-6-16-12-19-20(13-16)17-8-7-14(2)11-15(17)3/h7-8,11-13,18H,4-6,9-10H2,1-3H3. The summed E-state index contributed by atoms with van der Waals surface area (Å²) in [6.45, 7) is 8.65. The maximum Gasteiger partial charge on any atom is 0.0674 e. The highest BCUT2D eigenvalue weighted by molar-refractivity contribution is 5.42. The number of nitrogens with zero attached hydrogens (tertiary/aromatic N) is 2. The Labute approximate surface area is 122 Å². The summed E-state index contributed by atoms with van der Waals surface area (Å²) >= 11 is 0. The monoisotopic (exact) mass is 271 g/mol. The molecule has 0 radical (unpaired) electrons. The average Bonchev–Trinajstić information content (AvgIpc) is 2.87. The maximum absolute atomic E-state index is 4.49. The molecule has 0 spiro atoms. The van der Waals surface area contributed by atoms with Gasteiger partial charge in [-0.1, -0.05) is 24.6 Å². The number of aryl methyl sites for hydroxylation is 3. The Bertz CT molecular complexity index is 543. The van der Waals surface area contributed by atoms with Gasteiger partial charge in [0.05, 0.1) is 11.9 Å². The Kier molecular flexibility index (Phi) is 5.36. The minimum absolute atomic E-state index is 1.08. The van der Waals surface area contributed by atoms with E-state index in [9.17, 15) is 0 Å². The van der Waals surface area contributed by atoms with Crippen molar-refractivity contribution in [3.63, 3.8) is 0 Å². The minimum Gasteiger partial charge on any atom is -0.317 e. The summed E-state index contributed by atoms with van der Waals surface area (Å²) in [5.41, 5.74) is 5.04. The zero-order chi connectivity index (χ0) is 14.4. The second-order valence-electron chi connectivity index (χ2n) is 5.44. The van der Waals surface area contributed by atoms with Gasteiger partial charge in [-0.05, 0) is 63.4 Å². The summed E-state index contributed by atoms with van der Waals surface area (Å²) in [4.78, 5) is 0. The van der Waals surface area contributed by atoms with E-state index in [0.717, 1.165) is 19.5 Å². The number of aromatic nitrogens is 2. The maximum atomic E-state index is 4.49. The van der Waals surface area contributed by atoms with Crippen molar-refractivity contribution in [3.8, 4) is 5.69 Å². The Balaban J connectivity index is 1.95. The second kappa shape index (κ2) is 7.25. The zero-order valence-corrected chi connectivity index (χ0v) is 12.8. The SMILES string of the molecule is CCCNCCCc1cnn(-c2ccc(C)cc2C)c1. The van der Waals surface area contributed by atoms with E-state index in [1.54, 1.807) is 0 Å². The van der Waals surface area contributed by atoms with Crippen molar-refractivity contribution in [2.24, 2.45) is 0 Å². The van der Waals surface area contributed by atoms with Gasteiger partial charge in [-0.15, -0.1) is 0 Å². The molecule has 1 heterocycles. The number of hydrogen-bond donors (Lipinski definition) is 1. The van der Waals surface area contributed by atoms with Crippen LogP contribution in [0.1, 0.15) is 36.5 Å². The van der Waals surface area contributed by atoms with Gasteiger partial charge in [-0.2, -0.15) is 5.10 Å². The molecule has 0 fully saturated rings. The van der Waals surface area contributed by atoms with E-state index in [1.807, 2.05) is 10.9 Å². The fourth-order valence-electron chi connectivity index (χ4n) is 2.40. The van der Waals surface area contributed by atoms with E-state index >= 15 is 0 Å². The summed E-state index contributed by atoms with van der Waals surface area (Å²) in [5, 5.41) is 7.92. The van der Waals surface area contributed by atoms with E-state index in [2.05, 4.69) is 55.6 Å². The molecule has 108 valence electrons. The predicted molar refractivity (Wildman–Crippen MR) is 84.5 cm³/mol. The lowest BCUT2D eigenvalue weighted by molar-refractivity contribution is 0.640. The molecule has 3 heteroatoms. The van der Waals surface area contributed by atoms with E-state index in [1.165, 1.54) is 35.2 Å². The van der Waals surface area contributed by atoms with E-state index in [4.69, 9.17) is 0 Å². The van der Waals surface area contributed by atoms with Crippen molar-refractivity contribution in [2.75, 3.05) is 13.1 Å². The smallest absolute Gasteiger partial charge is 0.0674 e. The molecule has 0 bridgehead atoms. The van der Waals surface area contributed by atoms with Crippen LogP contribution >= 0.6 is 0 Å². The van der Waals surface area contributed by atoms with Crippen molar-refractivity contribution in [3.05, 3.63) is 47.3 Å². The highest BCUT2D eigenvalue weighted by Gasteiger charge is 2.04. The molecule has 0 aliphatic rings. The fraction of sp³-hybridized carbons (Fsp3) is 0.471. The topological polar surface area (TPSA) is 29.9 Å². The van der Waals surface area contributed by atoms with Crippen LogP contribution in [0.3, 0.4) is 0 Å². The van der Waals surface area contributed by atoms with Gasteiger partial charge in [-0.25, -0.2) is 4.68 Å². The third-order valence-electron chi connectivity index (χ3n) is 3.48. The highest BCUT2D eigenvalue weighted by Crippen LogP contribution is 2.15. The zero-order valence-electron chi connectivity index (χ0n) is 12.8. The summed E-state index contributed by atoms with van der Waals surface area (Å²) < 4.78 is 1.99. The summed E-state index contributed by atoms with van der Waals surface area (Å²) in [7, 11) is 0. The third kappa shape index (κ3) is 3.94. The lowest BCUT2D eigenvalue weighted by Crippen LogP contribution is -2.16. The van der Waals surface area contributed by atoms with Crippen molar-refractivity contribution in [1.82, 2.24) is 15.1 Å². The van der Waals surface area contributed by atoms with Gasteiger partial charge in [0.25, 0.3) is 0 Å². The van der Waals surface area contributed by atoms with Gasteiger partial charge < -0.3 is 5.32 Å². The summed E-state index contributed by atoms with van der Waals surface area (Å²) in [6.07, 6.45) is 7.58. The highest BCUT2D eigenvalue weighted by atomic mass is 15.3. The number of rotatable bonds is 7. The van der Waals surface area contributed by atoms with Crippen LogP contribution < -0.4 is 5.32 Å². The average molecular weight is 271 g/mol. The third-order valence-corrected chi connectivity index (χ3v) is 3.48. The molecular formula is C17H25N3. The first-order valence-corrected chi connectivity index (χ1v) is 7.52. The molecule has 1 aromatic heterocycles. The van der Waals surface area contributed by atoms with Crippen LogP contribution in [0.25, 0.3) is 5.69 Å². The number of nitrogens with one attached hydrogen (secondary N) is 1. The largest absolute Gasteiger partial charge is 0.317 e. The van der Waals surface area contributed by atoms with Crippen LogP contribution in [0.2, 0.25) is 0 Å². The first-order chi connectivity index (χ1) is 9.70. The Morgan fingerprint density at radius 2 is 2.05 bits per heavy atom. The molecule has 1 N–H and O–H groups in total. The molecule has 0 aliphatic heterocycles. The molecular weight excluding hydrogens is 246 g/mol. The normalized spacial score (nSPS) is 10.9. The molecule has 0 atom stereocenters. The number of benzene rings is 1. The van der Waals surface area contributed by atoms with E-state index in [-0.39, 0.29) is 0 Å². The first kappa shape index (κ1) is 14.8. The molecule has 0 unspecified atom stereocenters. The molecule has 0 saturated heterocycles. The number of hydrogen-bond acceptors (Lipinski definition) is 2. The molecule has 2 aromatic rings. The quantitative estimate of drug-likeness (QED) is 0.782. The van der Waals surface area contributed by atoms with Gasteiger partial charge in [0, 0.05) is 6.20 Å². The van der Waals surface area contributed by atoms with Crippen molar-refractivity contribution in [1.29, 1.82) is 0 Å². The van der Waals surface area contributed by atoms with E-state index < -0.39 is 0 Å². The Morgan fingerprint density at radius 3 is 2.80 bits per heavy atom. The predicted octanol–water partition coefficient (Wildman–Crippen LogP) is 3.42. The van der Waals surface area contributed by atoms with Gasteiger partial charge in [0.1, 0.15) is 0 Å².